The van der Waals surface area contributed by atoms with E-state index >= 15 is 0 Å². The van der Waals surface area contributed by atoms with Crippen LogP contribution in [0.4, 0.5) is 4.79 Å². The zero-order valence-corrected chi connectivity index (χ0v) is 21.7. The molecule has 0 aliphatic heterocycles. The molecule has 4 aromatic carbocycles. The Morgan fingerprint density at radius 2 is 1.47 bits per heavy atom. The highest BCUT2D eigenvalue weighted by Gasteiger charge is 2.30. The highest BCUT2D eigenvalue weighted by molar-refractivity contribution is 5.89. The molecule has 4 aromatic rings. The molecule has 2 N–H and O–H groups in total. The SMILES string of the molecule is CC(C)(C)Oc1ccc2ccccc2c1C[C@H](NC(=O)OCC1c2ccccc2-c2ccccc21)C(=O)O. The molecule has 1 amide bonds. The van der Waals surface area contributed by atoms with Crippen molar-refractivity contribution in [2.75, 3.05) is 6.61 Å². The Hall–Kier alpha value is -4.32. The van der Waals surface area contributed by atoms with Crippen molar-refractivity contribution < 1.29 is 24.2 Å². The van der Waals surface area contributed by atoms with E-state index in [0.29, 0.717) is 5.75 Å². The molecule has 0 saturated heterocycles. The molecular weight excluding hydrogens is 478 g/mol. The van der Waals surface area contributed by atoms with Gasteiger partial charge < -0.3 is 19.9 Å². The number of rotatable bonds is 7. The second-order valence-corrected chi connectivity index (χ2v) is 10.5. The number of nitrogens with one attached hydrogen (secondary N) is 1. The third-order valence-corrected chi connectivity index (χ3v) is 6.76. The van der Waals surface area contributed by atoms with Gasteiger partial charge in [0.1, 0.15) is 24.0 Å². The van der Waals surface area contributed by atoms with E-state index in [0.717, 1.165) is 38.6 Å². The molecule has 1 aliphatic rings. The topological polar surface area (TPSA) is 84.9 Å². The molecule has 6 heteroatoms. The second kappa shape index (κ2) is 10.2. The van der Waals surface area contributed by atoms with Crippen LogP contribution < -0.4 is 10.1 Å². The van der Waals surface area contributed by atoms with Crippen LogP contribution in [-0.2, 0) is 16.0 Å². The van der Waals surface area contributed by atoms with Crippen LogP contribution in [0.5, 0.6) is 5.75 Å². The van der Waals surface area contributed by atoms with Crippen molar-refractivity contribution in [3.63, 3.8) is 0 Å². The van der Waals surface area contributed by atoms with Gasteiger partial charge in [0.15, 0.2) is 0 Å². The molecule has 0 radical (unpaired) electrons. The van der Waals surface area contributed by atoms with Crippen molar-refractivity contribution in [3.05, 3.63) is 102 Å². The van der Waals surface area contributed by atoms with Gasteiger partial charge in [-0.2, -0.15) is 0 Å². The maximum absolute atomic E-state index is 12.9. The van der Waals surface area contributed by atoms with E-state index in [1.54, 1.807) is 0 Å². The maximum atomic E-state index is 12.9. The van der Waals surface area contributed by atoms with E-state index in [4.69, 9.17) is 9.47 Å². The number of carbonyl (C=O) groups is 2. The summed E-state index contributed by atoms with van der Waals surface area (Å²) < 4.78 is 11.8. The first-order valence-corrected chi connectivity index (χ1v) is 12.8. The van der Waals surface area contributed by atoms with Gasteiger partial charge in [-0.1, -0.05) is 78.9 Å². The Balaban J connectivity index is 1.35. The number of carboxylic acid groups (broad SMARTS) is 1. The largest absolute Gasteiger partial charge is 0.488 e. The lowest BCUT2D eigenvalue weighted by Gasteiger charge is -2.25. The van der Waals surface area contributed by atoms with E-state index < -0.39 is 23.7 Å². The van der Waals surface area contributed by atoms with E-state index in [1.807, 2.05) is 93.6 Å². The Kier molecular flexibility index (Phi) is 6.81. The van der Waals surface area contributed by atoms with Gasteiger partial charge in [-0.3, -0.25) is 0 Å². The van der Waals surface area contributed by atoms with Crippen molar-refractivity contribution in [1.29, 1.82) is 0 Å². The van der Waals surface area contributed by atoms with Crippen LogP contribution in [-0.4, -0.2) is 35.4 Å². The minimum Gasteiger partial charge on any atom is -0.488 e. The first-order valence-electron chi connectivity index (χ1n) is 12.8. The molecule has 194 valence electrons. The first kappa shape index (κ1) is 25.3. The van der Waals surface area contributed by atoms with Gasteiger partial charge in [0.05, 0.1) is 0 Å². The highest BCUT2D eigenvalue weighted by Crippen LogP contribution is 2.44. The van der Waals surface area contributed by atoms with Crippen molar-refractivity contribution >= 4 is 22.8 Å². The van der Waals surface area contributed by atoms with Crippen LogP contribution in [0.15, 0.2) is 84.9 Å². The summed E-state index contributed by atoms with van der Waals surface area (Å²) in [5.41, 5.74) is 4.69. The van der Waals surface area contributed by atoms with Crippen LogP contribution >= 0.6 is 0 Å². The van der Waals surface area contributed by atoms with Crippen LogP contribution in [0, 0.1) is 0 Å². The number of alkyl carbamates (subject to hydrolysis) is 1. The third kappa shape index (κ3) is 5.21. The van der Waals surface area contributed by atoms with Crippen molar-refractivity contribution in [2.45, 2.75) is 44.8 Å². The maximum Gasteiger partial charge on any atom is 0.407 e. The molecule has 1 atom stereocenters. The number of amides is 1. The van der Waals surface area contributed by atoms with Crippen molar-refractivity contribution in [1.82, 2.24) is 5.32 Å². The molecule has 0 fully saturated rings. The predicted molar refractivity (Wildman–Crippen MR) is 148 cm³/mol. The number of hydrogen-bond donors (Lipinski definition) is 2. The Morgan fingerprint density at radius 3 is 2.11 bits per heavy atom. The third-order valence-electron chi connectivity index (χ3n) is 6.76. The van der Waals surface area contributed by atoms with Gasteiger partial charge in [-0.15, -0.1) is 0 Å². The lowest BCUT2D eigenvalue weighted by molar-refractivity contribution is -0.139. The van der Waals surface area contributed by atoms with Gasteiger partial charge in [0.25, 0.3) is 0 Å². The number of hydrogen-bond acceptors (Lipinski definition) is 4. The number of fused-ring (bicyclic) bond motifs is 4. The fourth-order valence-electron chi connectivity index (χ4n) is 5.14. The van der Waals surface area contributed by atoms with Gasteiger partial charge in [0, 0.05) is 17.9 Å². The average molecular weight is 510 g/mol. The normalized spacial score (nSPS) is 13.4. The minimum absolute atomic E-state index is 0.0479. The number of carboxylic acids is 1. The van der Waals surface area contributed by atoms with E-state index in [2.05, 4.69) is 17.4 Å². The standard InChI is InChI=1S/C32H31NO5/c1-32(2,3)38-29-17-16-20-10-4-5-11-21(20)26(29)18-28(30(34)35)33-31(36)37-19-27-24-14-8-6-12-22(24)23-13-7-9-15-25(23)27/h4-17,27-28H,18-19H2,1-3H3,(H,33,36)(H,34,35)/t28-/m0/s1. The van der Waals surface area contributed by atoms with Crippen LogP contribution in [0.25, 0.3) is 21.9 Å². The Bertz CT molecular complexity index is 1460. The summed E-state index contributed by atoms with van der Waals surface area (Å²) in [5.74, 6) is -0.661. The summed E-state index contributed by atoms with van der Waals surface area (Å²) in [6.07, 6.45) is -0.718. The summed E-state index contributed by atoms with van der Waals surface area (Å²) in [6, 6.07) is 26.5. The van der Waals surface area contributed by atoms with Gasteiger partial charge in [-0.25, -0.2) is 9.59 Å². The fraction of sp³-hybridized carbons (Fsp3) is 0.250. The summed E-state index contributed by atoms with van der Waals surface area (Å²) in [7, 11) is 0. The molecule has 0 bridgehead atoms. The zero-order chi connectivity index (χ0) is 26.9. The number of carbonyl (C=O) groups excluding carboxylic acids is 1. The van der Waals surface area contributed by atoms with Gasteiger partial charge in [-0.05, 0) is 59.9 Å². The number of ether oxygens (including phenoxy) is 2. The summed E-state index contributed by atoms with van der Waals surface area (Å²) in [5, 5.41) is 14.4. The van der Waals surface area contributed by atoms with E-state index in [1.165, 1.54) is 0 Å². The lowest BCUT2D eigenvalue weighted by atomic mass is 9.97. The van der Waals surface area contributed by atoms with Gasteiger partial charge >= 0.3 is 12.1 Å². The fourth-order valence-corrected chi connectivity index (χ4v) is 5.14. The van der Waals surface area contributed by atoms with E-state index in [9.17, 15) is 14.7 Å². The van der Waals surface area contributed by atoms with E-state index in [-0.39, 0.29) is 18.9 Å². The molecule has 0 aromatic heterocycles. The lowest BCUT2D eigenvalue weighted by Crippen LogP contribution is -2.43. The molecule has 1 aliphatic carbocycles. The highest BCUT2D eigenvalue weighted by atomic mass is 16.5. The Labute approximate surface area is 222 Å². The average Bonchev–Trinajstić information content (AvgIpc) is 3.21. The summed E-state index contributed by atoms with van der Waals surface area (Å²) >= 11 is 0. The monoisotopic (exact) mass is 509 g/mol. The molecular formula is C32H31NO5. The molecule has 0 saturated carbocycles. The molecule has 38 heavy (non-hydrogen) atoms. The first-order chi connectivity index (χ1) is 18.2. The molecule has 5 rings (SSSR count). The van der Waals surface area contributed by atoms with Crippen LogP contribution in [0.1, 0.15) is 43.4 Å². The predicted octanol–water partition coefficient (Wildman–Crippen LogP) is 6.55. The van der Waals surface area contributed by atoms with Crippen molar-refractivity contribution in [3.8, 4) is 16.9 Å². The quantitative estimate of drug-likeness (QED) is 0.295. The summed E-state index contributed by atoms with van der Waals surface area (Å²) in [6.45, 7) is 5.93. The van der Waals surface area contributed by atoms with Crippen molar-refractivity contribution in [2.24, 2.45) is 0 Å². The minimum atomic E-state index is -1.20. The molecule has 0 spiro atoms. The molecule has 0 heterocycles. The number of benzene rings is 4. The van der Waals surface area contributed by atoms with Crippen LogP contribution in [0.2, 0.25) is 0 Å². The second-order valence-electron chi connectivity index (χ2n) is 10.5. The smallest absolute Gasteiger partial charge is 0.407 e. The van der Waals surface area contributed by atoms with Crippen LogP contribution in [0.3, 0.4) is 0 Å². The number of aliphatic carboxylic acids is 1. The molecule has 6 nitrogen and oxygen atoms in total. The van der Waals surface area contributed by atoms with Gasteiger partial charge in [0.2, 0.25) is 0 Å². The molecule has 0 unspecified atom stereocenters. The Morgan fingerprint density at radius 1 is 0.868 bits per heavy atom. The zero-order valence-electron chi connectivity index (χ0n) is 21.7. The summed E-state index contributed by atoms with van der Waals surface area (Å²) in [4.78, 5) is 25.1.